The van der Waals surface area contributed by atoms with Gasteiger partial charge in [-0.1, -0.05) is 30.3 Å². The van der Waals surface area contributed by atoms with Crippen LogP contribution in [0.4, 0.5) is 4.79 Å². The number of rotatable bonds is 2. The van der Waals surface area contributed by atoms with E-state index in [2.05, 4.69) is 10.1 Å². The lowest BCUT2D eigenvalue weighted by Crippen LogP contribution is -2.31. The van der Waals surface area contributed by atoms with Crippen molar-refractivity contribution < 1.29 is 14.3 Å². The van der Waals surface area contributed by atoms with Gasteiger partial charge in [-0.2, -0.15) is 0 Å². The number of ether oxygens (including phenoxy) is 2. The third kappa shape index (κ3) is 2.33. The van der Waals surface area contributed by atoms with Gasteiger partial charge in [0, 0.05) is 5.92 Å². The zero-order valence-corrected chi connectivity index (χ0v) is 9.18. The number of benzene rings is 1. The zero-order chi connectivity index (χ0) is 11.4. The monoisotopic (exact) mass is 221 g/mol. The van der Waals surface area contributed by atoms with Crippen molar-refractivity contribution in [2.45, 2.75) is 18.6 Å². The molecule has 2 rings (SSSR count). The van der Waals surface area contributed by atoms with Crippen LogP contribution in [0.1, 0.15) is 17.9 Å². The highest BCUT2D eigenvalue weighted by Gasteiger charge is 2.31. The van der Waals surface area contributed by atoms with Gasteiger partial charge in [0.2, 0.25) is 0 Å². The molecule has 86 valence electrons. The Hall–Kier alpha value is -1.55. The van der Waals surface area contributed by atoms with Crippen molar-refractivity contribution in [2.75, 3.05) is 13.7 Å². The Kier molecular flexibility index (Phi) is 3.41. The highest BCUT2D eigenvalue weighted by Crippen LogP contribution is 2.28. The standard InChI is InChI=1S/C12H15NO3/c1-15-12(14)16-11-10(7-8-13-11)9-5-3-2-4-6-9/h2-6,10-11,13H,7-8H2,1H3/t10-,11-/m1/s1. The van der Waals surface area contributed by atoms with E-state index in [4.69, 9.17) is 4.74 Å². The summed E-state index contributed by atoms with van der Waals surface area (Å²) in [7, 11) is 1.31. The van der Waals surface area contributed by atoms with Crippen LogP contribution in [0.3, 0.4) is 0 Å². The molecule has 1 aromatic rings. The average molecular weight is 221 g/mol. The van der Waals surface area contributed by atoms with E-state index < -0.39 is 6.16 Å². The summed E-state index contributed by atoms with van der Waals surface area (Å²) < 4.78 is 9.65. The molecule has 0 radical (unpaired) electrons. The van der Waals surface area contributed by atoms with Crippen LogP contribution in [-0.2, 0) is 9.47 Å². The summed E-state index contributed by atoms with van der Waals surface area (Å²) in [4.78, 5) is 11.1. The highest BCUT2D eigenvalue weighted by atomic mass is 16.7. The molecule has 0 spiro atoms. The van der Waals surface area contributed by atoms with E-state index in [-0.39, 0.29) is 12.1 Å². The van der Waals surface area contributed by atoms with Gasteiger partial charge in [0.15, 0.2) is 6.23 Å². The minimum absolute atomic E-state index is 0.209. The molecule has 1 heterocycles. The van der Waals surface area contributed by atoms with Crippen molar-refractivity contribution in [3.8, 4) is 0 Å². The fourth-order valence-corrected chi connectivity index (χ4v) is 1.99. The molecule has 1 fully saturated rings. The molecule has 2 atom stereocenters. The lowest BCUT2D eigenvalue weighted by atomic mass is 9.97. The highest BCUT2D eigenvalue weighted by molar-refractivity contribution is 5.60. The summed E-state index contributed by atoms with van der Waals surface area (Å²) in [6, 6.07) is 10.0. The van der Waals surface area contributed by atoms with Gasteiger partial charge in [0.25, 0.3) is 0 Å². The quantitative estimate of drug-likeness (QED) is 0.774. The van der Waals surface area contributed by atoms with Crippen molar-refractivity contribution in [1.82, 2.24) is 5.32 Å². The van der Waals surface area contributed by atoms with E-state index in [1.165, 1.54) is 12.7 Å². The topological polar surface area (TPSA) is 47.6 Å². The first-order valence-corrected chi connectivity index (χ1v) is 5.34. The molecule has 0 saturated carbocycles. The van der Waals surface area contributed by atoms with Crippen LogP contribution >= 0.6 is 0 Å². The molecular weight excluding hydrogens is 206 g/mol. The molecule has 0 unspecified atom stereocenters. The Balaban J connectivity index is 2.06. The summed E-state index contributed by atoms with van der Waals surface area (Å²) >= 11 is 0. The Morgan fingerprint density at radius 3 is 2.81 bits per heavy atom. The Bertz CT molecular complexity index is 353. The van der Waals surface area contributed by atoms with Crippen LogP contribution in [0, 0.1) is 0 Å². The second kappa shape index (κ2) is 4.99. The van der Waals surface area contributed by atoms with E-state index in [1.54, 1.807) is 0 Å². The van der Waals surface area contributed by atoms with E-state index in [1.807, 2.05) is 30.3 Å². The van der Waals surface area contributed by atoms with Crippen LogP contribution in [0.25, 0.3) is 0 Å². The summed E-state index contributed by atoms with van der Waals surface area (Å²) in [5.74, 6) is 0.209. The minimum Gasteiger partial charge on any atom is -0.438 e. The Labute approximate surface area is 94.6 Å². The molecule has 0 bridgehead atoms. The zero-order valence-electron chi connectivity index (χ0n) is 9.18. The predicted octanol–water partition coefficient (Wildman–Crippen LogP) is 1.87. The fraction of sp³-hybridized carbons (Fsp3) is 0.417. The number of hydrogen-bond donors (Lipinski definition) is 1. The number of nitrogens with one attached hydrogen (secondary N) is 1. The van der Waals surface area contributed by atoms with Crippen LogP contribution in [0.2, 0.25) is 0 Å². The molecule has 0 aromatic heterocycles. The fourth-order valence-electron chi connectivity index (χ4n) is 1.99. The van der Waals surface area contributed by atoms with Crippen molar-refractivity contribution in [3.63, 3.8) is 0 Å². The first kappa shape index (κ1) is 11.0. The van der Waals surface area contributed by atoms with Gasteiger partial charge in [0.1, 0.15) is 0 Å². The van der Waals surface area contributed by atoms with Crippen molar-refractivity contribution in [3.05, 3.63) is 35.9 Å². The predicted molar refractivity (Wildman–Crippen MR) is 59.1 cm³/mol. The minimum atomic E-state index is -0.639. The van der Waals surface area contributed by atoms with E-state index in [9.17, 15) is 4.79 Å². The third-order valence-electron chi connectivity index (χ3n) is 2.78. The largest absolute Gasteiger partial charge is 0.509 e. The van der Waals surface area contributed by atoms with Gasteiger partial charge in [-0.25, -0.2) is 4.79 Å². The van der Waals surface area contributed by atoms with E-state index in [0.717, 1.165) is 13.0 Å². The smallest absolute Gasteiger partial charge is 0.438 e. The van der Waals surface area contributed by atoms with Gasteiger partial charge < -0.3 is 9.47 Å². The van der Waals surface area contributed by atoms with E-state index in [0.29, 0.717) is 0 Å². The first-order valence-electron chi connectivity index (χ1n) is 5.34. The summed E-state index contributed by atoms with van der Waals surface area (Å²) in [6.45, 7) is 0.848. The van der Waals surface area contributed by atoms with Crippen LogP contribution in [0.15, 0.2) is 30.3 Å². The molecule has 1 aromatic carbocycles. The van der Waals surface area contributed by atoms with Gasteiger partial charge in [0.05, 0.1) is 7.11 Å². The molecular formula is C12H15NO3. The second-order valence-corrected chi connectivity index (χ2v) is 3.75. The summed E-state index contributed by atoms with van der Waals surface area (Å²) in [5.41, 5.74) is 1.18. The molecule has 0 aliphatic carbocycles. The van der Waals surface area contributed by atoms with Crippen molar-refractivity contribution in [1.29, 1.82) is 0 Å². The van der Waals surface area contributed by atoms with Crippen molar-refractivity contribution >= 4 is 6.16 Å². The maximum Gasteiger partial charge on any atom is 0.509 e. The second-order valence-electron chi connectivity index (χ2n) is 3.75. The summed E-state index contributed by atoms with van der Waals surface area (Å²) in [5, 5.41) is 3.15. The lowest BCUT2D eigenvalue weighted by molar-refractivity contribution is 0.0250. The van der Waals surface area contributed by atoms with Crippen LogP contribution in [-0.4, -0.2) is 26.0 Å². The molecule has 1 N–H and O–H groups in total. The maximum absolute atomic E-state index is 11.1. The first-order chi connectivity index (χ1) is 7.81. The van der Waals surface area contributed by atoms with Gasteiger partial charge >= 0.3 is 6.16 Å². The molecule has 1 aliphatic heterocycles. The van der Waals surface area contributed by atoms with Gasteiger partial charge in [-0.05, 0) is 18.5 Å². The van der Waals surface area contributed by atoms with E-state index >= 15 is 0 Å². The normalized spacial score (nSPS) is 24.1. The molecule has 4 heteroatoms. The molecule has 16 heavy (non-hydrogen) atoms. The lowest BCUT2D eigenvalue weighted by Gasteiger charge is -2.19. The third-order valence-corrected chi connectivity index (χ3v) is 2.78. The van der Waals surface area contributed by atoms with Gasteiger partial charge in [-0.15, -0.1) is 0 Å². The SMILES string of the molecule is COC(=O)O[C@H]1NCC[C@@H]1c1ccccc1. The Morgan fingerprint density at radius 2 is 2.12 bits per heavy atom. The number of carbonyl (C=O) groups is 1. The molecule has 0 amide bonds. The molecule has 4 nitrogen and oxygen atoms in total. The maximum atomic E-state index is 11.1. The molecule has 1 aliphatic rings. The Morgan fingerprint density at radius 1 is 1.38 bits per heavy atom. The van der Waals surface area contributed by atoms with Crippen LogP contribution in [0.5, 0.6) is 0 Å². The number of methoxy groups -OCH3 is 1. The van der Waals surface area contributed by atoms with Gasteiger partial charge in [-0.3, -0.25) is 5.32 Å². The van der Waals surface area contributed by atoms with Crippen LogP contribution < -0.4 is 5.32 Å². The average Bonchev–Trinajstić information content (AvgIpc) is 2.78. The number of carbonyl (C=O) groups excluding carboxylic acids is 1. The molecule has 1 saturated heterocycles. The summed E-state index contributed by atoms with van der Waals surface area (Å²) in [6.07, 6.45) is 0.0428. The number of hydrogen-bond acceptors (Lipinski definition) is 4. The van der Waals surface area contributed by atoms with Crippen molar-refractivity contribution in [2.24, 2.45) is 0 Å².